The van der Waals surface area contributed by atoms with Crippen LogP contribution in [0.2, 0.25) is 0 Å². The molecule has 0 spiro atoms. The number of hydrogen-bond donors (Lipinski definition) is 0. The van der Waals surface area contributed by atoms with Crippen molar-refractivity contribution in [2.45, 2.75) is 27.7 Å². The Balaban J connectivity index is 0.000000199. The monoisotopic (exact) mass is 319 g/mol. The fraction of sp³-hybridized carbons (Fsp3) is 0.190. The summed E-state index contributed by atoms with van der Waals surface area (Å²) < 4.78 is 0. The molecule has 4 rings (SSSR count). The summed E-state index contributed by atoms with van der Waals surface area (Å²) in [6, 6.07) is 18.0. The highest BCUT2D eigenvalue weighted by Gasteiger charge is 1.88. The predicted molar refractivity (Wildman–Crippen MR) is 104 cm³/mol. The zero-order chi connectivity index (χ0) is 17.6. The van der Waals surface area contributed by atoms with Crippen LogP contribution in [0.4, 0.5) is 0 Å². The Morgan fingerprint density at radius 3 is 1.71 bits per heavy atom. The smallest absolute Gasteiger partial charge is 0.0885 e. The first kappa shape index (κ1) is 19.2. The SMILES string of the molecule is CC.CC.c1ccc2ncccc2c1.c1cnc2cnccc2c1. The van der Waals surface area contributed by atoms with Gasteiger partial charge in [-0.15, -0.1) is 0 Å². The van der Waals surface area contributed by atoms with Crippen LogP contribution in [0.25, 0.3) is 21.8 Å². The van der Waals surface area contributed by atoms with Gasteiger partial charge < -0.3 is 0 Å². The highest BCUT2D eigenvalue weighted by molar-refractivity contribution is 5.78. The quantitative estimate of drug-likeness (QED) is 0.404. The lowest BCUT2D eigenvalue weighted by Gasteiger charge is -1.91. The molecular formula is C21H25N3. The molecule has 3 heterocycles. The number of hydrogen-bond acceptors (Lipinski definition) is 3. The first-order chi connectivity index (χ1) is 11.9. The second-order valence-electron chi connectivity index (χ2n) is 4.27. The van der Waals surface area contributed by atoms with Gasteiger partial charge in [-0.25, -0.2) is 0 Å². The molecule has 0 aliphatic carbocycles. The van der Waals surface area contributed by atoms with Gasteiger partial charge in [0.1, 0.15) is 0 Å². The minimum atomic E-state index is 0.949. The van der Waals surface area contributed by atoms with Gasteiger partial charge in [-0.2, -0.15) is 0 Å². The second-order valence-corrected chi connectivity index (χ2v) is 4.27. The Labute approximate surface area is 144 Å². The van der Waals surface area contributed by atoms with Crippen molar-refractivity contribution in [3.8, 4) is 0 Å². The van der Waals surface area contributed by atoms with E-state index in [-0.39, 0.29) is 0 Å². The molecule has 0 atom stereocenters. The average Bonchev–Trinajstić information content (AvgIpc) is 2.72. The van der Waals surface area contributed by atoms with Crippen LogP contribution in [-0.4, -0.2) is 15.0 Å². The van der Waals surface area contributed by atoms with Crippen molar-refractivity contribution in [1.29, 1.82) is 0 Å². The molecule has 0 saturated heterocycles. The second kappa shape index (κ2) is 11.7. The summed E-state index contributed by atoms with van der Waals surface area (Å²) in [5.74, 6) is 0. The van der Waals surface area contributed by atoms with E-state index in [2.05, 4.69) is 27.1 Å². The number of aromatic nitrogens is 3. The number of para-hydroxylation sites is 1. The fourth-order valence-electron chi connectivity index (χ4n) is 1.93. The molecule has 24 heavy (non-hydrogen) atoms. The zero-order valence-electron chi connectivity index (χ0n) is 14.8. The lowest BCUT2D eigenvalue weighted by atomic mass is 10.2. The van der Waals surface area contributed by atoms with Crippen LogP contribution in [-0.2, 0) is 0 Å². The third-order valence-electron chi connectivity index (χ3n) is 2.92. The maximum atomic E-state index is 4.18. The molecule has 0 N–H and O–H groups in total. The predicted octanol–water partition coefficient (Wildman–Crippen LogP) is 5.92. The van der Waals surface area contributed by atoms with Crippen LogP contribution < -0.4 is 0 Å². The van der Waals surface area contributed by atoms with Crippen LogP contribution in [0, 0.1) is 0 Å². The summed E-state index contributed by atoms with van der Waals surface area (Å²) in [4.78, 5) is 12.3. The van der Waals surface area contributed by atoms with Gasteiger partial charge in [0.2, 0.25) is 0 Å². The van der Waals surface area contributed by atoms with Gasteiger partial charge in [0.25, 0.3) is 0 Å². The van der Waals surface area contributed by atoms with Crippen molar-refractivity contribution in [1.82, 2.24) is 15.0 Å². The standard InChI is InChI=1S/C9H7N.C8H6N2.2C2H6/c1-2-6-9-8(4-1)5-3-7-10-9;1-2-7-3-5-9-6-8(7)10-4-1;2*1-2/h1-7H;1-6H;2*1-2H3. The number of fused-ring (bicyclic) bond motifs is 2. The molecule has 124 valence electrons. The maximum absolute atomic E-state index is 4.18. The van der Waals surface area contributed by atoms with E-state index in [0.717, 1.165) is 16.4 Å². The average molecular weight is 319 g/mol. The summed E-state index contributed by atoms with van der Waals surface area (Å²) in [5.41, 5.74) is 2.01. The summed E-state index contributed by atoms with van der Waals surface area (Å²) in [6.45, 7) is 8.00. The van der Waals surface area contributed by atoms with Gasteiger partial charge in [-0.3, -0.25) is 15.0 Å². The Kier molecular flexibility index (Phi) is 9.39. The first-order valence-corrected chi connectivity index (χ1v) is 8.38. The van der Waals surface area contributed by atoms with Gasteiger partial charge >= 0.3 is 0 Å². The molecule has 0 aliphatic rings. The van der Waals surface area contributed by atoms with Crippen molar-refractivity contribution in [2.24, 2.45) is 0 Å². The number of rotatable bonds is 0. The lowest BCUT2D eigenvalue weighted by molar-refractivity contribution is 1.31. The van der Waals surface area contributed by atoms with Crippen molar-refractivity contribution >= 4 is 21.8 Å². The van der Waals surface area contributed by atoms with E-state index >= 15 is 0 Å². The molecule has 3 nitrogen and oxygen atoms in total. The van der Waals surface area contributed by atoms with Crippen LogP contribution in [0.15, 0.2) is 79.4 Å². The van der Waals surface area contributed by atoms with Gasteiger partial charge in [-0.05, 0) is 24.3 Å². The maximum Gasteiger partial charge on any atom is 0.0885 e. The van der Waals surface area contributed by atoms with E-state index < -0.39 is 0 Å². The van der Waals surface area contributed by atoms with Gasteiger partial charge in [0.15, 0.2) is 0 Å². The van der Waals surface area contributed by atoms with Gasteiger partial charge in [-0.1, -0.05) is 58.0 Å². The van der Waals surface area contributed by atoms with Crippen LogP contribution >= 0.6 is 0 Å². The molecule has 3 aromatic heterocycles. The van der Waals surface area contributed by atoms with Crippen molar-refractivity contribution in [3.63, 3.8) is 0 Å². The van der Waals surface area contributed by atoms with Crippen LogP contribution in [0.1, 0.15) is 27.7 Å². The molecular weight excluding hydrogens is 294 g/mol. The first-order valence-electron chi connectivity index (χ1n) is 8.38. The van der Waals surface area contributed by atoms with Crippen LogP contribution in [0.3, 0.4) is 0 Å². The largest absolute Gasteiger partial charge is 0.262 e. The van der Waals surface area contributed by atoms with E-state index in [4.69, 9.17) is 0 Å². The highest BCUT2D eigenvalue weighted by atomic mass is 14.7. The summed E-state index contributed by atoms with van der Waals surface area (Å²) in [7, 11) is 0. The Bertz CT molecular complexity index is 626. The highest BCUT2D eigenvalue weighted by Crippen LogP contribution is 2.08. The molecule has 0 fully saturated rings. The fourth-order valence-corrected chi connectivity index (χ4v) is 1.93. The minimum absolute atomic E-state index is 0.949. The number of pyridine rings is 3. The van der Waals surface area contributed by atoms with E-state index in [9.17, 15) is 0 Å². The third-order valence-corrected chi connectivity index (χ3v) is 2.92. The summed E-state index contributed by atoms with van der Waals surface area (Å²) in [6.07, 6.45) is 7.10. The lowest BCUT2D eigenvalue weighted by Crippen LogP contribution is -1.76. The van der Waals surface area contributed by atoms with Gasteiger partial charge in [0.05, 0.1) is 17.2 Å². The Morgan fingerprint density at radius 2 is 1.08 bits per heavy atom. The molecule has 0 aliphatic heterocycles. The molecule has 0 amide bonds. The Hall–Kier alpha value is -2.81. The van der Waals surface area contributed by atoms with E-state index in [1.54, 1.807) is 18.6 Å². The normalized spacial score (nSPS) is 8.83. The number of nitrogens with zero attached hydrogens (tertiary/aromatic N) is 3. The van der Waals surface area contributed by atoms with Gasteiger partial charge in [0, 0.05) is 29.4 Å². The van der Waals surface area contributed by atoms with E-state index in [0.29, 0.717) is 0 Å². The molecule has 4 aromatic rings. The minimum Gasteiger partial charge on any atom is -0.262 e. The molecule has 0 radical (unpaired) electrons. The molecule has 0 bridgehead atoms. The number of benzene rings is 1. The van der Waals surface area contributed by atoms with Crippen molar-refractivity contribution < 1.29 is 0 Å². The summed E-state index contributed by atoms with van der Waals surface area (Å²) >= 11 is 0. The van der Waals surface area contributed by atoms with E-state index in [1.807, 2.05) is 76.4 Å². The molecule has 3 heteroatoms. The zero-order valence-corrected chi connectivity index (χ0v) is 14.8. The summed E-state index contributed by atoms with van der Waals surface area (Å²) in [5, 5.41) is 2.34. The topological polar surface area (TPSA) is 38.7 Å². The van der Waals surface area contributed by atoms with Crippen LogP contribution in [0.5, 0.6) is 0 Å². The molecule has 0 saturated carbocycles. The third kappa shape index (κ3) is 5.76. The molecule has 1 aromatic carbocycles. The van der Waals surface area contributed by atoms with Crippen molar-refractivity contribution in [3.05, 3.63) is 79.4 Å². The molecule has 0 unspecified atom stereocenters. The van der Waals surface area contributed by atoms with E-state index in [1.165, 1.54) is 5.39 Å². The van der Waals surface area contributed by atoms with Crippen molar-refractivity contribution in [2.75, 3.05) is 0 Å². The Morgan fingerprint density at radius 1 is 0.542 bits per heavy atom.